The molecule has 7 heteroatoms. The number of carboxylic acids is 1. The van der Waals surface area contributed by atoms with Gasteiger partial charge >= 0.3 is 5.97 Å². The molecule has 2 aliphatic rings. The quantitative estimate of drug-likeness (QED) is 0.812. The van der Waals surface area contributed by atoms with Crippen molar-refractivity contribution in [3.05, 3.63) is 30.3 Å². The lowest BCUT2D eigenvalue weighted by Crippen LogP contribution is -2.45. The number of para-hydroxylation sites is 1. The maximum absolute atomic E-state index is 12.6. The van der Waals surface area contributed by atoms with E-state index in [1.807, 2.05) is 0 Å². The Morgan fingerprint density at radius 3 is 2.12 bits per heavy atom. The van der Waals surface area contributed by atoms with Gasteiger partial charge in [-0.05, 0) is 25.0 Å². The van der Waals surface area contributed by atoms with Crippen molar-refractivity contribution in [2.24, 2.45) is 11.8 Å². The van der Waals surface area contributed by atoms with Crippen LogP contribution in [0.15, 0.2) is 30.3 Å². The van der Waals surface area contributed by atoms with Gasteiger partial charge in [0.15, 0.2) is 0 Å². The van der Waals surface area contributed by atoms with E-state index in [9.17, 15) is 19.2 Å². The number of carbonyl (C=O) groups excluding carboxylic acids is 3. The lowest BCUT2D eigenvalue weighted by Gasteiger charge is -2.23. The molecule has 1 aromatic rings. The third-order valence-corrected chi connectivity index (χ3v) is 4.89. The lowest BCUT2D eigenvalue weighted by molar-refractivity contribution is -0.143. The average molecular weight is 344 g/mol. The summed E-state index contributed by atoms with van der Waals surface area (Å²) in [7, 11) is 0. The molecule has 25 heavy (non-hydrogen) atoms. The van der Waals surface area contributed by atoms with Gasteiger partial charge in [0.1, 0.15) is 13.1 Å². The van der Waals surface area contributed by atoms with Crippen LogP contribution < -0.4 is 4.90 Å². The number of anilines is 1. The summed E-state index contributed by atoms with van der Waals surface area (Å²) in [5.74, 6) is -2.98. The van der Waals surface area contributed by atoms with Crippen LogP contribution in [0.1, 0.15) is 25.7 Å². The summed E-state index contributed by atoms with van der Waals surface area (Å²) >= 11 is 0. The Morgan fingerprint density at radius 2 is 1.60 bits per heavy atom. The third-order valence-electron chi connectivity index (χ3n) is 4.89. The molecule has 1 aromatic carbocycles. The zero-order valence-corrected chi connectivity index (χ0v) is 13.8. The van der Waals surface area contributed by atoms with Crippen molar-refractivity contribution in [1.82, 2.24) is 4.90 Å². The second-order valence-corrected chi connectivity index (χ2v) is 6.47. The molecular weight excluding hydrogens is 324 g/mol. The first-order valence-electron chi connectivity index (χ1n) is 8.41. The molecule has 1 saturated carbocycles. The van der Waals surface area contributed by atoms with Crippen molar-refractivity contribution < 1.29 is 24.3 Å². The summed E-state index contributed by atoms with van der Waals surface area (Å²) in [5, 5.41) is 9.09. The van der Waals surface area contributed by atoms with Crippen LogP contribution in [0.25, 0.3) is 0 Å². The van der Waals surface area contributed by atoms with Crippen LogP contribution >= 0.6 is 0 Å². The molecule has 3 rings (SSSR count). The van der Waals surface area contributed by atoms with Gasteiger partial charge < -0.3 is 5.11 Å². The Kier molecular flexibility index (Phi) is 4.83. The molecule has 0 radical (unpaired) electrons. The van der Waals surface area contributed by atoms with Gasteiger partial charge in [0, 0.05) is 5.69 Å². The van der Waals surface area contributed by atoms with Crippen molar-refractivity contribution in [1.29, 1.82) is 0 Å². The number of aliphatic carboxylic acids is 1. The van der Waals surface area contributed by atoms with Crippen molar-refractivity contribution in [2.75, 3.05) is 18.0 Å². The van der Waals surface area contributed by atoms with Gasteiger partial charge in [-0.1, -0.05) is 31.0 Å². The van der Waals surface area contributed by atoms with Gasteiger partial charge in [-0.25, -0.2) is 0 Å². The van der Waals surface area contributed by atoms with Crippen LogP contribution in [0.2, 0.25) is 0 Å². The van der Waals surface area contributed by atoms with Crippen LogP contribution in [-0.2, 0) is 19.2 Å². The van der Waals surface area contributed by atoms with Gasteiger partial charge in [0.05, 0.1) is 11.8 Å². The molecule has 7 nitrogen and oxygen atoms in total. The second-order valence-electron chi connectivity index (χ2n) is 6.47. The van der Waals surface area contributed by atoms with Crippen LogP contribution in [-0.4, -0.2) is 46.8 Å². The number of benzene rings is 1. The molecule has 0 bridgehead atoms. The maximum Gasteiger partial charge on any atom is 0.323 e. The summed E-state index contributed by atoms with van der Waals surface area (Å²) in [6.45, 7) is -0.932. The summed E-state index contributed by atoms with van der Waals surface area (Å²) in [5.41, 5.74) is 0.423. The highest BCUT2D eigenvalue weighted by Crippen LogP contribution is 2.37. The molecule has 132 valence electrons. The van der Waals surface area contributed by atoms with E-state index in [4.69, 9.17) is 5.11 Å². The van der Waals surface area contributed by atoms with E-state index in [0.717, 1.165) is 22.6 Å². The van der Waals surface area contributed by atoms with Crippen molar-refractivity contribution >= 4 is 29.4 Å². The fraction of sp³-hybridized carbons (Fsp3) is 0.444. The molecule has 1 heterocycles. The molecule has 1 aliphatic carbocycles. The Bertz CT molecular complexity index is 679. The van der Waals surface area contributed by atoms with Crippen molar-refractivity contribution in [3.63, 3.8) is 0 Å². The highest BCUT2D eigenvalue weighted by molar-refractivity contribution is 6.09. The lowest BCUT2D eigenvalue weighted by atomic mass is 9.81. The number of amides is 3. The predicted molar refractivity (Wildman–Crippen MR) is 88.6 cm³/mol. The zero-order valence-electron chi connectivity index (χ0n) is 13.8. The summed E-state index contributed by atoms with van der Waals surface area (Å²) in [6.07, 6.45) is 3.18. The van der Waals surface area contributed by atoms with E-state index >= 15 is 0 Å². The topological polar surface area (TPSA) is 95.0 Å². The van der Waals surface area contributed by atoms with Crippen LogP contribution in [0.4, 0.5) is 5.69 Å². The number of carbonyl (C=O) groups is 4. The highest BCUT2D eigenvalue weighted by Gasteiger charge is 2.48. The number of carboxylic acid groups (broad SMARTS) is 1. The van der Waals surface area contributed by atoms with E-state index in [1.165, 1.54) is 0 Å². The molecule has 3 amide bonds. The van der Waals surface area contributed by atoms with E-state index in [2.05, 4.69) is 0 Å². The molecule has 0 spiro atoms. The number of likely N-dealkylation sites (tertiary alicyclic amines) is 1. The Balaban J connectivity index is 1.78. The first kappa shape index (κ1) is 17.1. The maximum atomic E-state index is 12.6. The number of imide groups is 1. The second kappa shape index (κ2) is 7.04. The Morgan fingerprint density at radius 1 is 1.04 bits per heavy atom. The van der Waals surface area contributed by atoms with E-state index in [-0.39, 0.29) is 23.7 Å². The molecule has 1 aliphatic heterocycles. The van der Waals surface area contributed by atoms with Gasteiger partial charge in [-0.2, -0.15) is 0 Å². The van der Waals surface area contributed by atoms with E-state index in [0.29, 0.717) is 18.5 Å². The first-order valence-corrected chi connectivity index (χ1v) is 8.41. The SMILES string of the molecule is O=C(O)CN(C(=O)CN1C(=O)C2CCCCC2C1=O)c1ccccc1. The van der Waals surface area contributed by atoms with Crippen LogP contribution in [0.3, 0.4) is 0 Å². The fourth-order valence-corrected chi connectivity index (χ4v) is 3.67. The summed E-state index contributed by atoms with van der Waals surface area (Å²) < 4.78 is 0. The van der Waals surface area contributed by atoms with Gasteiger partial charge in [-0.3, -0.25) is 29.0 Å². The average Bonchev–Trinajstić information content (AvgIpc) is 2.85. The molecule has 0 aromatic heterocycles. The van der Waals surface area contributed by atoms with Crippen LogP contribution in [0.5, 0.6) is 0 Å². The van der Waals surface area contributed by atoms with E-state index < -0.39 is 25.0 Å². The van der Waals surface area contributed by atoms with Gasteiger partial charge in [0.2, 0.25) is 17.7 Å². The minimum atomic E-state index is -1.16. The van der Waals surface area contributed by atoms with E-state index in [1.54, 1.807) is 30.3 Å². The molecule has 2 fully saturated rings. The number of hydrogen-bond acceptors (Lipinski definition) is 4. The number of hydrogen-bond donors (Lipinski definition) is 1. The monoisotopic (exact) mass is 344 g/mol. The first-order chi connectivity index (χ1) is 12.0. The largest absolute Gasteiger partial charge is 0.480 e. The summed E-state index contributed by atoms with van der Waals surface area (Å²) in [6, 6.07) is 8.38. The Hall–Kier alpha value is -2.70. The molecular formula is C18H20N2O5. The molecule has 1 saturated heterocycles. The third kappa shape index (κ3) is 3.40. The van der Waals surface area contributed by atoms with Gasteiger partial charge in [-0.15, -0.1) is 0 Å². The van der Waals surface area contributed by atoms with Gasteiger partial charge in [0.25, 0.3) is 0 Å². The molecule has 2 unspecified atom stereocenters. The number of fused-ring (bicyclic) bond motifs is 1. The van der Waals surface area contributed by atoms with Crippen molar-refractivity contribution in [3.8, 4) is 0 Å². The standard InChI is InChI=1S/C18H20N2O5/c21-15(19(11-16(22)23)12-6-2-1-3-7-12)10-20-17(24)13-8-4-5-9-14(13)18(20)25/h1-3,6-7,13-14H,4-5,8-11H2,(H,22,23). The van der Waals surface area contributed by atoms with Crippen molar-refractivity contribution in [2.45, 2.75) is 25.7 Å². The smallest absolute Gasteiger partial charge is 0.323 e. The molecule has 1 N–H and O–H groups in total. The number of rotatable bonds is 5. The number of nitrogens with zero attached hydrogens (tertiary/aromatic N) is 2. The highest BCUT2D eigenvalue weighted by atomic mass is 16.4. The molecule has 2 atom stereocenters. The summed E-state index contributed by atoms with van der Waals surface area (Å²) in [4.78, 5) is 50.8. The minimum absolute atomic E-state index is 0.300. The van der Waals surface area contributed by atoms with Crippen LogP contribution in [0, 0.1) is 11.8 Å². The minimum Gasteiger partial charge on any atom is -0.480 e. The zero-order chi connectivity index (χ0) is 18.0. The normalized spacial score (nSPS) is 22.6. The predicted octanol–water partition coefficient (Wildman–Crippen LogP) is 1.28. The fourth-order valence-electron chi connectivity index (χ4n) is 3.67. The Labute approximate surface area is 145 Å².